The predicted molar refractivity (Wildman–Crippen MR) is 58.3 cm³/mol. The molecule has 1 aliphatic heterocycles. The van der Waals surface area contributed by atoms with Crippen molar-refractivity contribution in [3.63, 3.8) is 0 Å². The van der Waals surface area contributed by atoms with E-state index in [0.29, 0.717) is 18.8 Å². The number of aryl methyl sites for hydroxylation is 1. The monoisotopic (exact) mass is 224 g/mol. The number of hydrogen-bond donors (Lipinski definition) is 3. The summed E-state index contributed by atoms with van der Waals surface area (Å²) in [6, 6.07) is 1.91. The van der Waals surface area contributed by atoms with Crippen LogP contribution in [0.15, 0.2) is 6.07 Å². The number of H-pyrrole nitrogens is 1. The van der Waals surface area contributed by atoms with Gasteiger partial charge >= 0.3 is 0 Å². The SMILES string of the molecule is Cc1cc(C(=O)NCC2COCCN2)n[nH]1. The summed E-state index contributed by atoms with van der Waals surface area (Å²) in [5.41, 5.74) is 1.30. The molecule has 1 aromatic heterocycles. The molecule has 1 fully saturated rings. The van der Waals surface area contributed by atoms with Gasteiger partial charge < -0.3 is 15.4 Å². The van der Waals surface area contributed by atoms with Crippen LogP contribution in [0, 0.1) is 6.92 Å². The van der Waals surface area contributed by atoms with Crippen molar-refractivity contribution in [3.05, 3.63) is 17.5 Å². The maximum absolute atomic E-state index is 11.6. The molecule has 2 rings (SSSR count). The molecule has 2 heterocycles. The lowest BCUT2D eigenvalue weighted by molar-refractivity contribution is 0.0733. The van der Waals surface area contributed by atoms with Gasteiger partial charge in [0.05, 0.1) is 13.2 Å². The van der Waals surface area contributed by atoms with Gasteiger partial charge in [-0.2, -0.15) is 5.10 Å². The molecule has 0 aliphatic carbocycles. The van der Waals surface area contributed by atoms with Crippen LogP contribution in [0.2, 0.25) is 0 Å². The van der Waals surface area contributed by atoms with Crippen LogP contribution in [0.25, 0.3) is 0 Å². The van der Waals surface area contributed by atoms with Crippen molar-refractivity contribution in [2.45, 2.75) is 13.0 Å². The lowest BCUT2D eigenvalue weighted by atomic mass is 10.2. The summed E-state index contributed by atoms with van der Waals surface area (Å²) in [6.45, 7) is 4.63. The fourth-order valence-electron chi connectivity index (χ4n) is 1.59. The maximum atomic E-state index is 11.6. The first-order valence-electron chi connectivity index (χ1n) is 5.37. The summed E-state index contributed by atoms with van der Waals surface area (Å²) < 4.78 is 5.29. The van der Waals surface area contributed by atoms with Gasteiger partial charge in [0.25, 0.3) is 5.91 Å². The molecule has 0 spiro atoms. The smallest absolute Gasteiger partial charge is 0.271 e. The van der Waals surface area contributed by atoms with Crippen molar-refractivity contribution in [1.29, 1.82) is 0 Å². The third kappa shape index (κ3) is 2.80. The highest BCUT2D eigenvalue weighted by molar-refractivity contribution is 5.92. The highest BCUT2D eigenvalue weighted by Gasteiger charge is 2.15. The average Bonchev–Trinajstić information content (AvgIpc) is 2.74. The van der Waals surface area contributed by atoms with Crippen molar-refractivity contribution >= 4 is 5.91 Å². The van der Waals surface area contributed by atoms with Crippen molar-refractivity contribution in [2.75, 3.05) is 26.3 Å². The molecule has 6 nitrogen and oxygen atoms in total. The number of aromatic nitrogens is 2. The lowest BCUT2D eigenvalue weighted by Gasteiger charge is -2.23. The predicted octanol–water partition coefficient (Wildman–Crippen LogP) is -0.564. The number of ether oxygens (including phenoxy) is 1. The molecule has 1 atom stereocenters. The Bertz CT molecular complexity index is 357. The number of carbonyl (C=O) groups excluding carboxylic acids is 1. The first kappa shape index (κ1) is 11.1. The number of carbonyl (C=O) groups is 1. The summed E-state index contributed by atoms with van der Waals surface area (Å²) in [5, 5.41) is 12.7. The van der Waals surface area contributed by atoms with Crippen LogP contribution < -0.4 is 10.6 Å². The van der Waals surface area contributed by atoms with Crippen LogP contribution in [0.4, 0.5) is 0 Å². The van der Waals surface area contributed by atoms with Crippen LogP contribution in [-0.2, 0) is 4.74 Å². The lowest BCUT2D eigenvalue weighted by Crippen LogP contribution is -2.48. The fourth-order valence-corrected chi connectivity index (χ4v) is 1.59. The molecule has 1 aromatic rings. The van der Waals surface area contributed by atoms with Gasteiger partial charge in [-0.3, -0.25) is 9.89 Å². The van der Waals surface area contributed by atoms with Crippen LogP contribution >= 0.6 is 0 Å². The van der Waals surface area contributed by atoms with Crippen molar-refractivity contribution < 1.29 is 9.53 Å². The Morgan fingerprint density at radius 3 is 3.25 bits per heavy atom. The molecule has 1 saturated heterocycles. The molecule has 1 unspecified atom stereocenters. The summed E-state index contributed by atoms with van der Waals surface area (Å²) in [6.07, 6.45) is 0. The number of nitrogens with one attached hydrogen (secondary N) is 3. The second-order valence-corrected chi connectivity index (χ2v) is 3.87. The third-order valence-electron chi connectivity index (χ3n) is 2.45. The minimum atomic E-state index is -0.156. The fraction of sp³-hybridized carbons (Fsp3) is 0.600. The Morgan fingerprint density at radius 1 is 1.75 bits per heavy atom. The molecule has 1 amide bonds. The number of amides is 1. The summed E-state index contributed by atoms with van der Waals surface area (Å²) >= 11 is 0. The first-order valence-corrected chi connectivity index (χ1v) is 5.37. The van der Waals surface area contributed by atoms with Crippen LogP contribution in [0.3, 0.4) is 0 Å². The van der Waals surface area contributed by atoms with Gasteiger partial charge in [-0.15, -0.1) is 0 Å². The second-order valence-electron chi connectivity index (χ2n) is 3.87. The molecule has 16 heavy (non-hydrogen) atoms. The summed E-state index contributed by atoms with van der Waals surface area (Å²) in [4.78, 5) is 11.6. The van der Waals surface area contributed by atoms with E-state index in [0.717, 1.165) is 18.8 Å². The van der Waals surface area contributed by atoms with E-state index in [1.54, 1.807) is 6.07 Å². The van der Waals surface area contributed by atoms with Gasteiger partial charge in [-0.05, 0) is 13.0 Å². The number of morpholine rings is 1. The molecule has 0 radical (unpaired) electrons. The molecule has 0 saturated carbocycles. The molecule has 6 heteroatoms. The summed E-state index contributed by atoms with van der Waals surface area (Å²) in [5.74, 6) is -0.156. The zero-order chi connectivity index (χ0) is 11.4. The highest BCUT2D eigenvalue weighted by Crippen LogP contribution is 1.97. The van der Waals surface area contributed by atoms with E-state index in [1.165, 1.54) is 0 Å². The van der Waals surface area contributed by atoms with E-state index in [2.05, 4.69) is 20.8 Å². The van der Waals surface area contributed by atoms with E-state index >= 15 is 0 Å². The van der Waals surface area contributed by atoms with E-state index in [-0.39, 0.29) is 11.9 Å². The van der Waals surface area contributed by atoms with Gasteiger partial charge in [0.2, 0.25) is 0 Å². The van der Waals surface area contributed by atoms with Gasteiger partial charge in [-0.25, -0.2) is 0 Å². The third-order valence-corrected chi connectivity index (χ3v) is 2.45. The largest absolute Gasteiger partial charge is 0.378 e. The summed E-state index contributed by atoms with van der Waals surface area (Å²) in [7, 11) is 0. The standard InChI is InChI=1S/C10H16N4O2/c1-7-4-9(14-13-7)10(15)12-5-8-6-16-3-2-11-8/h4,8,11H,2-3,5-6H2,1H3,(H,12,15)(H,13,14). The Morgan fingerprint density at radius 2 is 2.62 bits per heavy atom. The van der Waals surface area contributed by atoms with E-state index in [4.69, 9.17) is 4.74 Å². The minimum Gasteiger partial charge on any atom is -0.378 e. The molecule has 3 N–H and O–H groups in total. The Labute approximate surface area is 93.8 Å². The zero-order valence-corrected chi connectivity index (χ0v) is 9.25. The molecule has 0 bridgehead atoms. The van der Waals surface area contributed by atoms with Gasteiger partial charge in [0.1, 0.15) is 5.69 Å². The van der Waals surface area contributed by atoms with Gasteiger partial charge in [-0.1, -0.05) is 0 Å². The quantitative estimate of drug-likeness (QED) is 0.643. The van der Waals surface area contributed by atoms with Crippen LogP contribution in [-0.4, -0.2) is 48.4 Å². The molecule has 0 aromatic carbocycles. The van der Waals surface area contributed by atoms with E-state index in [1.807, 2.05) is 6.92 Å². The van der Waals surface area contributed by atoms with Crippen molar-refractivity contribution in [1.82, 2.24) is 20.8 Å². The molecular formula is C10H16N4O2. The zero-order valence-electron chi connectivity index (χ0n) is 9.25. The highest BCUT2D eigenvalue weighted by atomic mass is 16.5. The first-order chi connectivity index (χ1) is 7.75. The Kier molecular flexibility index (Phi) is 3.53. The average molecular weight is 224 g/mol. The second kappa shape index (κ2) is 5.09. The topological polar surface area (TPSA) is 79.0 Å². The Balaban J connectivity index is 1.79. The minimum absolute atomic E-state index is 0.156. The van der Waals surface area contributed by atoms with Gasteiger partial charge in [0.15, 0.2) is 0 Å². The van der Waals surface area contributed by atoms with Crippen LogP contribution in [0.5, 0.6) is 0 Å². The Hall–Kier alpha value is -1.40. The van der Waals surface area contributed by atoms with Crippen LogP contribution in [0.1, 0.15) is 16.2 Å². The normalized spacial score (nSPS) is 20.7. The van der Waals surface area contributed by atoms with E-state index < -0.39 is 0 Å². The van der Waals surface area contributed by atoms with E-state index in [9.17, 15) is 4.79 Å². The van der Waals surface area contributed by atoms with Crippen molar-refractivity contribution in [2.24, 2.45) is 0 Å². The molecular weight excluding hydrogens is 208 g/mol. The number of nitrogens with zero attached hydrogens (tertiary/aromatic N) is 1. The molecule has 1 aliphatic rings. The van der Waals surface area contributed by atoms with Crippen molar-refractivity contribution in [3.8, 4) is 0 Å². The number of hydrogen-bond acceptors (Lipinski definition) is 4. The molecule has 88 valence electrons. The van der Waals surface area contributed by atoms with Gasteiger partial charge in [0, 0.05) is 24.8 Å². The number of rotatable bonds is 3. The maximum Gasteiger partial charge on any atom is 0.271 e. The number of aromatic amines is 1.